The highest BCUT2D eigenvalue weighted by Crippen LogP contribution is 2.32. The van der Waals surface area contributed by atoms with Gasteiger partial charge in [0.25, 0.3) is 0 Å². The lowest BCUT2D eigenvalue weighted by atomic mass is 10.0. The molecule has 0 heterocycles. The highest BCUT2D eigenvalue weighted by atomic mass is 32.2. The third-order valence-corrected chi connectivity index (χ3v) is 4.70. The van der Waals surface area contributed by atoms with Gasteiger partial charge >= 0.3 is 0 Å². The third kappa shape index (κ3) is 7.01. The first kappa shape index (κ1) is 14.9. The molecule has 0 amide bonds. The number of rotatable bonds is 10. The Hall–Kier alpha value is -0.130. The average Bonchev–Trinajstić information content (AvgIpc) is 3.08. The summed E-state index contributed by atoms with van der Waals surface area (Å²) in [4.78, 5) is 0. The van der Waals surface area contributed by atoms with Crippen molar-refractivity contribution in [3.63, 3.8) is 0 Å². The smallest absolute Gasteiger partial charge is 0.211 e. The van der Waals surface area contributed by atoms with Crippen LogP contribution in [-0.2, 0) is 10.0 Å². The van der Waals surface area contributed by atoms with Gasteiger partial charge in [0.1, 0.15) is 0 Å². The maximum absolute atomic E-state index is 11.7. The van der Waals surface area contributed by atoms with E-state index in [4.69, 9.17) is 5.11 Å². The van der Waals surface area contributed by atoms with Crippen LogP contribution >= 0.6 is 0 Å². The lowest BCUT2D eigenvalue weighted by Crippen LogP contribution is -2.31. The molecule has 0 aromatic rings. The topological polar surface area (TPSA) is 66.4 Å². The Morgan fingerprint density at radius 1 is 1.35 bits per heavy atom. The fourth-order valence-electron chi connectivity index (χ4n) is 1.98. The van der Waals surface area contributed by atoms with E-state index in [1.807, 2.05) is 0 Å². The zero-order chi connectivity index (χ0) is 12.7. The minimum absolute atomic E-state index is 0.133. The van der Waals surface area contributed by atoms with Gasteiger partial charge in [-0.15, -0.1) is 0 Å². The monoisotopic (exact) mass is 263 g/mol. The van der Waals surface area contributed by atoms with E-state index in [1.165, 1.54) is 12.8 Å². The molecule has 102 valence electrons. The molecule has 0 radical (unpaired) electrons. The van der Waals surface area contributed by atoms with Gasteiger partial charge in [0, 0.05) is 13.2 Å². The summed E-state index contributed by atoms with van der Waals surface area (Å²) >= 11 is 0. The minimum atomic E-state index is -3.10. The van der Waals surface area contributed by atoms with Crippen molar-refractivity contribution < 1.29 is 13.5 Å². The van der Waals surface area contributed by atoms with Crippen LogP contribution < -0.4 is 4.72 Å². The second-order valence-electron chi connectivity index (χ2n) is 5.07. The lowest BCUT2D eigenvalue weighted by Gasteiger charge is -2.15. The average molecular weight is 263 g/mol. The van der Waals surface area contributed by atoms with Crippen molar-refractivity contribution in [2.75, 3.05) is 18.9 Å². The van der Waals surface area contributed by atoms with E-state index in [-0.39, 0.29) is 18.3 Å². The van der Waals surface area contributed by atoms with Gasteiger partial charge in [-0.05, 0) is 31.1 Å². The molecule has 1 atom stereocenters. The van der Waals surface area contributed by atoms with E-state index in [9.17, 15) is 8.42 Å². The number of aliphatic hydroxyl groups is 1. The molecule has 2 N–H and O–H groups in total. The van der Waals surface area contributed by atoms with Crippen LogP contribution in [-0.4, -0.2) is 32.4 Å². The van der Waals surface area contributed by atoms with Gasteiger partial charge in [0.15, 0.2) is 0 Å². The van der Waals surface area contributed by atoms with Crippen LogP contribution in [0.4, 0.5) is 0 Å². The summed E-state index contributed by atoms with van der Waals surface area (Å²) in [5.41, 5.74) is 0. The quantitative estimate of drug-likeness (QED) is 0.628. The van der Waals surface area contributed by atoms with Crippen molar-refractivity contribution >= 4 is 10.0 Å². The summed E-state index contributed by atoms with van der Waals surface area (Å²) in [6, 6.07) is 0. The Bertz CT molecular complexity index is 293. The van der Waals surface area contributed by atoms with Gasteiger partial charge in [0.2, 0.25) is 10.0 Å². The Labute approximate surface area is 105 Å². The molecule has 0 bridgehead atoms. The van der Waals surface area contributed by atoms with Gasteiger partial charge in [-0.3, -0.25) is 0 Å². The highest BCUT2D eigenvalue weighted by Gasteiger charge is 2.24. The van der Waals surface area contributed by atoms with Crippen LogP contribution in [0.15, 0.2) is 0 Å². The first-order chi connectivity index (χ1) is 8.07. The van der Waals surface area contributed by atoms with Crippen molar-refractivity contribution in [1.29, 1.82) is 0 Å². The zero-order valence-corrected chi connectivity index (χ0v) is 11.5. The Kier molecular flexibility index (Phi) is 6.44. The van der Waals surface area contributed by atoms with Gasteiger partial charge in [-0.25, -0.2) is 13.1 Å². The van der Waals surface area contributed by atoms with Gasteiger partial charge in [-0.1, -0.05) is 26.2 Å². The largest absolute Gasteiger partial charge is 0.396 e. The van der Waals surface area contributed by atoms with E-state index in [1.54, 1.807) is 0 Å². The molecule has 0 saturated heterocycles. The SMILES string of the molecule is CCCC(CCO)CNS(=O)(=O)CCC1CC1. The molecule has 1 unspecified atom stereocenters. The summed E-state index contributed by atoms with van der Waals surface area (Å²) in [6.45, 7) is 2.68. The molecule has 1 aliphatic rings. The Morgan fingerprint density at radius 2 is 2.06 bits per heavy atom. The van der Waals surface area contributed by atoms with Gasteiger partial charge in [-0.2, -0.15) is 0 Å². The van der Waals surface area contributed by atoms with Crippen LogP contribution in [0.5, 0.6) is 0 Å². The summed E-state index contributed by atoms with van der Waals surface area (Å²) in [7, 11) is -3.10. The molecule has 5 heteroatoms. The first-order valence-corrected chi connectivity index (χ1v) is 8.30. The van der Waals surface area contributed by atoms with Crippen LogP contribution in [0, 0.1) is 11.8 Å². The molecule has 1 saturated carbocycles. The fourth-order valence-corrected chi connectivity index (χ4v) is 3.26. The third-order valence-electron chi connectivity index (χ3n) is 3.32. The molecule has 17 heavy (non-hydrogen) atoms. The molecular weight excluding hydrogens is 238 g/mol. The van der Waals surface area contributed by atoms with Crippen molar-refractivity contribution in [2.45, 2.75) is 45.4 Å². The van der Waals surface area contributed by atoms with Gasteiger partial charge in [0.05, 0.1) is 5.75 Å². The minimum Gasteiger partial charge on any atom is -0.396 e. The molecule has 0 aromatic heterocycles. The summed E-state index contributed by atoms with van der Waals surface area (Å²) in [5.74, 6) is 1.17. The van der Waals surface area contributed by atoms with Crippen molar-refractivity contribution in [3.8, 4) is 0 Å². The summed E-state index contributed by atoms with van der Waals surface area (Å²) in [6.07, 6.45) is 5.85. The maximum Gasteiger partial charge on any atom is 0.211 e. The number of nitrogens with one attached hydrogen (secondary N) is 1. The van der Waals surface area contributed by atoms with Crippen LogP contribution in [0.1, 0.15) is 45.4 Å². The van der Waals surface area contributed by atoms with E-state index < -0.39 is 10.0 Å². The van der Waals surface area contributed by atoms with E-state index in [0.717, 1.165) is 19.3 Å². The van der Waals surface area contributed by atoms with Crippen molar-refractivity contribution in [3.05, 3.63) is 0 Å². The Balaban J connectivity index is 2.24. The highest BCUT2D eigenvalue weighted by molar-refractivity contribution is 7.89. The molecule has 1 rings (SSSR count). The molecule has 0 aromatic carbocycles. The molecule has 1 aliphatic carbocycles. The number of sulfonamides is 1. The van der Waals surface area contributed by atoms with Crippen LogP contribution in [0.3, 0.4) is 0 Å². The zero-order valence-electron chi connectivity index (χ0n) is 10.7. The first-order valence-electron chi connectivity index (χ1n) is 6.65. The predicted octanol–water partition coefficient (Wildman–Crippen LogP) is 1.50. The number of hydrogen-bond acceptors (Lipinski definition) is 3. The second kappa shape index (κ2) is 7.34. The van der Waals surface area contributed by atoms with Gasteiger partial charge < -0.3 is 5.11 Å². The van der Waals surface area contributed by atoms with E-state index >= 15 is 0 Å². The summed E-state index contributed by atoms with van der Waals surface area (Å²) in [5, 5.41) is 8.90. The predicted molar refractivity (Wildman–Crippen MR) is 69.2 cm³/mol. The van der Waals surface area contributed by atoms with Crippen LogP contribution in [0.2, 0.25) is 0 Å². The van der Waals surface area contributed by atoms with Crippen molar-refractivity contribution in [2.24, 2.45) is 11.8 Å². The number of aliphatic hydroxyl groups excluding tert-OH is 1. The fraction of sp³-hybridized carbons (Fsp3) is 1.00. The molecule has 1 fully saturated rings. The molecule has 0 spiro atoms. The Morgan fingerprint density at radius 3 is 2.59 bits per heavy atom. The summed E-state index contributed by atoms with van der Waals surface area (Å²) < 4.78 is 26.1. The maximum atomic E-state index is 11.7. The standard InChI is InChI=1S/C12H25NO3S/c1-2-3-12(6-8-14)10-13-17(15,16)9-7-11-4-5-11/h11-14H,2-10H2,1H3. The second-order valence-corrected chi connectivity index (χ2v) is 6.99. The van der Waals surface area contributed by atoms with E-state index in [0.29, 0.717) is 18.9 Å². The molecule has 0 aliphatic heterocycles. The lowest BCUT2D eigenvalue weighted by molar-refractivity contribution is 0.251. The van der Waals surface area contributed by atoms with E-state index in [2.05, 4.69) is 11.6 Å². The normalized spacial score (nSPS) is 18.2. The van der Waals surface area contributed by atoms with Crippen molar-refractivity contribution in [1.82, 2.24) is 4.72 Å². The molecule has 4 nitrogen and oxygen atoms in total. The molecular formula is C12H25NO3S. The number of hydrogen-bond donors (Lipinski definition) is 2. The van der Waals surface area contributed by atoms with Crippen LogP contribution in [0.25, 0.3) is 0 Å².